The Morgan fingerprint density at radius 3 is 0.974 bits per heavy atom. The lowest BCUT2D eigenvalue weighted by atomic mass is 9.98. The van der Waals surface area contributed by atoms with Crippen molar-refractivity contribution in [2.75, 3.05) is 13.2 Å². The van der Waals surface area contributed by atoms with E-state index in [1.807, 2.05) is 0 Å². The molecule has 9 unspecified atom stereocenters. The lowest BCUT2D eigenvalue weighted by Gasteiger charge is -2.40. The van der Waals surface area contributed by atoms with Crippen LogP contribution in [0.15, 0.2) is 0 Å². The van der Waals surface area contributed by atoms with E-state index in [1.165, 1.54) is 263 Å². The third-order valence-electron chi connectivity index (χ3n) is 16.7. The quantitative estimate of drug-likeness (QED) is 0.0272. The molecule has 11 nitrogen and oxygen atoms in total. The SMILES string of the molecule is CCCCCCCCCCCCCCCCCCCCCCCCCCCCC(O)C(=O)NC(COC1OC(CO)C(O)C(O)C1O)C(O)C(O)CCCCCCCCCCCCCCCCCCCCCCCCC. The van der Waals surface area contributed by atoms with Crippen molar-refractivity contribution in [3.05, 3.63) is 0 Å². The Morgan fingerprint density at radius 2 is 0.684 bits per heavy atom. The third-order valence-corrected chi connectivity index (χ3v) is 16.7. The maximum atomic E-state index is 13.2. The molecule has 454 valence electrons. The summed E-state index contributed by atoms with van der Waals surface area (Å²) in [4.78, 5) is 13.2. The minimum Gasteiger partial charge on any atom is -0.394 e. The van der Waals surface area contributed by atoms with E-state index in [0.29, 0.717) is 19.3 Å². The molecule has 0 aromatic rings. The van der Waals surface area contributed by atoms with E-state index in [-0.39, 0.29) is 6.42 Å². The van der Waals surface area contributed by atoms with Gasteiger partial charge in [0.05, 0.1) is 25.4 Å². The van der Waals surface area contributed by atoms with Crippen LogP contribution in [0.4, 0.5) is 0 Å². The number of hydrogen-bond acceptors (Lipinski definition) is 10. The van der Waals surface area contributed by atoms with E-state index in [2.05, 4.69) is 19.2 Å². The predicted molar refractivity (Wildman–Crippen MR) is 316 cm³/mol. The molecule has 1 fully saturated rings. The summed E-state index contributed by atoms with van der Waals surface area (Å²) >= 11 is 0. The summed E-state index contributed by atoms with van der Waals surface area (Å²) in [6, 6.07) is -1.16. The zero-order valence-electron chi connectivity index (χ0n) is 50.0. The monoisotopic (exact) mass is 1080 g/mol. The minimum absolute atomic E-state index is 0.267. The molecule has 8 N–H and O–H groups in total. The first-order valence-electron chi connectivity index (χ1n) is 33.4. The number of unbranched alkanes of at least 4 members (excludes halogenated alkanes) is 47. The topological polar surface area (TPSA) is 189 Å². The zero-order valence-corrected chi connectivity index (χ0v) is 50.0. The van der Waals surface area contributed by atoms with Gasteiger partial charge in [-0.3, -0.25) is 4.79 Å². The summed E-state index contributed by atoms with van der Waals surface area (Å²) in [5.41, 5.74) is 0. The predicted octanol–water partition coefficient (Wildman–Crippen LogP) is 15.3. The minimum atomic E-state index is -1.66. The molecule has 1 aliphatic rings. The van der Waals surface area contributed by atoms with E-state index >= 15 is 0 Å². The van der Waals surface area contributed by atoms with Gasteiger partial charge < -0.3 is 50.5 Å². The standard InChI is InChI=1S/C65H129NO10/c1-3-5-7-9-11-13-15-17-19-21-23-25-27-28-29-31-33-35-37-39-41-43-45-47-49-51-53-58(69)64(74)66-56(55-75-65-63(73)62(72)61(71)59(54-67)76-65)60(70)57(68)52-50-48-46-44-42-40-38-36-34-32-30-26-24-22-20-18-16-14-12-10-8-6-4-2/h56-63,65,67-73H,3-55H2,1-2H3,(H,66,74). The average molecular weight is 1080 g/mol. The van der Waals surface area contributed by atoms with Gasteiger partial charge in [0.1, 0.15) is 36.6 Å². The maximum Gasteiger partial charge on any atom is 0.249 e. The summed E-state index contributed by atoms with van der Waals surface area (Å²) in [7, 11) is 0. The van der Waals surface area contributed by atoms with Crippen molar-refractivity contribution >= 4 is 5.91 Å². The molecule has 76 heavy (non-hydrogen) atoms. The molecule has 11 heteroatoms. The third kappa shape index (κ3) is 42.0. The molecule has 0 bridgehead atoms. The van der Waals surface area contributed by atoms with Gasteiger partial charge >= 0.3 is 0 Å². The van der Waals surface area contributed by atoms with Gasteiger partial charge in [0.2, 0.25) is 5.91 Å². The van der Waals surface area contributed by atoms with Crippen LogP contribution in [-0.2, 0) is 14.3 Å². The van der Waals surface area contributed by atoms with Gasteiger partial charge in [-0.05, 0) is 12.8 Å². The number of aliphatic hydroxyl groups excluding tert-OH is 7. The molecule has 0 aromatic heterocycles. The highest BCUT2D eigenvalue weighted by Crippen LogP contribution is 2.24. The first-order valence-corrected chi connectivity index (χ1v) is 33.4. The summed E-state index contributed by atoms with van der Waals surface area (Å²) in [6.07, 6.45) is 53.1. The van der Waals surface area contributed by atoms with Crippen LogP contribution in [0.25, 0.3) is 0 Å². The van der Waals surface area contributed by atoms with E-state index in [4.69, 9.17) is 9.47 Å². The second kappa shape index (κ2) is 54.7. The second-order valence-electron chi connectivity index (χ2n) is 23.9. The van der Waals surface area contributed by atoms with Crippen molar-refractivity contribution in [3.63, 3.8) is 0 Å². The molecule has 0 aliphatic carbocycles. The molecule has 0 spiro atoms. The molecular formula is C65H129NO10. The van der Waals surface area contributed by atoms with Crippen LogP contribution in [0.5, 0.6) is 0 Å². The van der Waals surface area contributed by atoms with Gasteiger partial charge in [-0.1, -0.05) is 328 Å². The van der Waals surface area contributed by atoms with E-state index < -0.39 is 74.2 Å². The van der Waals surface area contributed by atoms with Crippen molar-refractivity contribution < 1.29 is 50.0 Å². The van der Waals surface area contributed by atoms with Crippen LogP contribution in [-0.4, -0.2) is 110 Å². The van der Waals surface area contributed by atoms with E-state index in [1.54, 1.807) is 0 Å². The van der Waals surface area contributed by atoms with Gasteiger partial charge in [-0.2, -0.15) is 0 Å². The fourth-order valence-corrected chi connectivity index (χ4v) is 11.3. The molecule has 1 amide bonds. The number of rotatable bonds is 59. The Bertz CT molecular complexity index is 1200. The Morgan fingerprint density at radius 1 is 0.408 bits per heavy atom. The average Bonchev–Trinajstić information content (AvgIpc) is 3.42. The highest BCUT2D eigenvalue weighted by Gasteiger charge is 2.44. The maximum absolute atomic E-state index is 13.2. The first-order chi connectivity index (χ1) is 37.2. The van der Waals surface area contributed by atoms with E-state index in [0.717, 1.165) is 38.5 Å². The van der Waals surface area contributed by atoms with Gasteiger partial charge in [-0.15, -0.1) is 0 Å². The van der Waals surface area contributed by atoms with E-state index in [9.17, 15) is 40.5 Å². The van der Waals surface area contributed by atoms with Crippen LogP contribution in [0, 0.1) is 0 Å². The van der Waals surface area contributed by atoms with Crippen molar-refractivity contribution in [2.24, 2.45) is 0 Å². The zero-order chi connectivity index (χ0) is 55.4. The molecule has 1 saturated heterocycles. The largest absolute Gasteiger partial charge is 0.394 e. The molecule has 1 rings (SSSR count). The first kappa shape index (κ1) is 73.1. The van der Waals surface area contributed by atoms with Crippen molar-refractivity contribution in [3.8, 4) is 0 Å². The normalized spacial score (nSPS) is 19.5. The van der Waals surface area contributed by atoms with Gasteiger partial charge in [0.25, 0.3) is 0 Å². The van der Waals surface area contributed by atoms with Crippen LogP contribution in [0.3, 0.4) is 0 Å². The molecule has 0 aromatic carbocycles. The molecule has 1 aliphatic heterocycles. The Labute approximate surface area is 469 Å². The van der Waals surface area contributed by atoms with Crippen LogP contribution < -0.4 is 5.32 Å². The fraction of sp³-hybridized carbons (Fsp3) is 0.985. The van der Waals surface area contributed by atoms with Crippen LogP contribution >= 0.6 is 0 Å². The summed E-state index contributed by atoms with van der Waals surface area (Å²) in [5, 5.41) is 76.5. The summed E-state index contributed by atoms with van der Waals surface area (Å²) in [5.74, 6) is -0.687. The number of nitrogens with one attached hydrogen (secondary N) is 1. The van der Waals surface area contributed by atoms with Crippen LogP contribution in [0.1, 0.15) is 341 Å². The van der Waals surface area contributed by atoms with Gasteiger partial charge in [0.15, 0.2) is 6.29 Å². The highest BCUT2D eigenvalue weighted by molar-refractivity contribution is 5.80. The second-order valence-corrected chi connectivity index (χ2v) is 23.9. The summed E-state index contributed by atoms with van der Waals surface area (Å²) < 4.78 is 11.2. The molecular weight excluding hydrogens is 955 g/mol. The van der Waals surface area contributed by atoms with Crippen molar-refractivity contribution in [1.82, 2.24) is 5.32 Å². The summed E-state index contributed by atoms with van der Waals surface area (Å²) in [6.45, 7) is 3.52. The number of hydrogen-bond donors (Lipinski definition) is 8. The Kier molecular flexibility index (Phi) is 52.6. The van der Waals surface area contributed by atoms with Gasteiger partial charge in [0, 0.05) is 0 Å². The number of carbonyl (C=O) groups excluding carboxylic acids is 1. The lowest BCUT2D eigenvalue weighted by Crippen LogP contribution is -2.60. The highest BCUT2D eigenvalue weighted by atomic mass is 16.7. The van der Waals surface area contributed by atoms with Gasteiger partial charge in [-0.25, -0.2) is 0 Å². The molecule has 9 atom stereocenters. The number of carbonyl (C=O) groups is 1. The number of aliphatic hydroxyl groups is 7. The van der Waals surface area contributed by atoms with Crippen LogP contribution in [0.2, 0.25) is 0 Å². The molecule has 0 saturated carbocycles. The Balaban J connectivity index is 2.22. The van der Waals surface area contributed by atoms with Crippen molar-refractivity contribution in [1.29, 1.82) is 0 Å². The van der Waals surface area contributed by atoms with Crippen molar-refractivity contribution in [2.45, 2.75) is 396 Å². The number of ether oxygens (including phenoxy) is 2. The fourth-order valence-electron chi connectivity index (χ4n) is 11.3. The molecule has 1 heterocycles. The molecule has 0 radical (unpaired) electrons. The lowest BCUT2D eigenvalue weighted by molar-refractivity contribution is -0.303. The smallest absolute Gasteiger partial charge is 0.249 e. The Hall–Kier alpha value is -0.890. The number of amides is 1.